The monoisotopic (exact) mass is 253 g/mol. The zero-order valence-corrected chi connectivity index (χ0v) is 11.7. The molecule has 0 unspecified atom stereocenters. The van der Waals surface area contributed by atoms with Crippen molar-refractivity contribution < 1.29 is 0 Å². The zero-order chi connectivity index (χ0) is 12.1. The molecule has 0 aliphatic carbocycles. The van der Waals surface area contributed by atoms with Crippen molar-refractivity contribution in [1.29, 1.82) is 0 Å². The maximum Gasteiger partial charge on any atom is 0.110 e. The number of rotatable bonds is 5. The number of likely N-dealkylation sites (tertiary alicyclic amines) is 1. The first-order valence-electron chi connectivity index (χ1n) is 6.63. The highest BCUT2D eigenvalue weighted by Gasteiger charge is 2.11. The van der Waals surface area contributed by atoms with Crippen LogP contribution < -0.4 is 5.32 Å². The van der Waals surface area contributed by atoms with Gasteiger partial charge in [-0.25, -0.2) is 4.98 Å². The van der Waals surface area contributed by atoms with E-state index in [0.717, 1.165) is 12.2 Å². The summed E-state index contributed by atoms with van der Waals surface area (Å²) in [5, 5.41) is 6.90. The number of aromatic nitrogens is 1. The highest BCUT2D eigenvalue weighted by Crippen LogP contribution is 2.17. The van der Waals surface area contributed by atoms with E-state index in [2.05, 4.69) is 34.4 Å². The van der Waals surface area contributed by atoms with Crippen LogP contribution in [-0.4, -0.2) is 36.1 Å². The number of piperidine rings is 1. The van der Waals surface area contributed by atoms with Crippen molar-refractivity contribution in [1.82, 2.24) is 15.2 Å². The zero-order valence-electron chi connectivity index (χ0n) is 10.9. The first-order chi connectivity index (χ1) is 8.25. The fourth-order valence-electron chi connectivity index (χ4n) is 2.28. The lowest BCUT2D eigenvalue weighted by Crippen LogP contribution is -2.36. The van der Waals surface area contributed by atoms with Crippen LogP contribution in [0.3, 0.4) is 0 Å². The third kappa shape index (κ3) is 4.05. The summed E-state index contributed by atoms with van der Waals surface area (Å²) >= 11 is 1.76. The second-order valence-corrected chi connectivity index (χ2v) is 5.79. The predicted molar refractivity (Wildman–Crippen MR) is 73.6 cm³/mol. The minimum absolute atomic E-state index is 0.387. The van der Waals surface area contributed by atoms with Crippen LogP contribution in [0, 0.1) is 6.92 Å². The van der Waals surface area contributed by atoms with Crippen LogP contribution in [0.5, 0.6) is 0 Å². The molecule has 96 valence electrons. The fourth-order valence-corrected chi connectivity index (χ4v) is 3.11. The van der Waals surface area contributed by atoms with E-state index in [1.54, 1.807) is 11.3 Å². The Labute approximate surface area is 108 Å². The highest BCUT2D eigenvalue weighted by molar-refractivity contribution is 7.09. The summed E-state index contributed by atoms with van der Waals surface area (Å²) in [5.41, 5.74) is 1.13. The standard InChI is InChI=1S/C13H23N3S/c1-11-10-17-13(15-11)12(2)14-6-9-16-7-4-3-5-8-16/h10,12,14H,3-9H2,1-2H3/t12-/m1/s1. The molecule has 2 heterocycles. The number of hydrogen-bond donors (Lipinski definition) is 1. The molecule has 1 N–H and O–H groups in total. The molecule has 0 amide bonds. The maximum absolute atomic E-state index is 4.52. The van der Waals surface area contributed by atoms with E-state index in [9.17, 15) is 0 Å². The van der Waals surface area contributed by atoms with Crippen molar-refractivity contribution in [3.63, 3.8) is 0 Å². The normalized spacial score (nSPS) is 19.4. The lowest BCUT2D eigenvalue weighted by molar-refractivity contribution is 0.227. The van der Waals surface area contributed by atoms with Crippen LogP contribution in [0.1, 0.15) is 42.9 Å². The molecule has 2 rings (SSSR count). The topological polar surface area (TPSA) is 28.2 Å². The first kappa shape index (κ1) is 13.0. The van der Waals surface area contributed by atoms with E-state index in [1.807, 2.05) is 0 Å². The summed E-state index contributed by atoms with van der Waals surface area (Å²) in [7, 11) is 0. The van der Waals surface area contributed by atoms with Crippen LogP contribution in [0.25, 0.3) is 0 Å². The fraction of sp³-hybridized carbons (Fsp3) is 0.769. The molecule has 0 spiro atoms. The maximum atomic E-state index is 4.52. The second-order valence-electron chi connectivity index (χ2n) is 4.91. The van der Waals surface area contributed by atoms with Crippen LogP contribution in [0.2, 0.25) is 0 Å². The Balaban J connectivity index is 1.67. The average molecular weight is 253 g/mol. The van der Waals surface area contributed by atoms with E-state index in [1.165, 1.54) is 43.9 Å². The van der Waals surface area contributed by atoms with E-state index in [4.69, 9.17) is 0 Å². The van der Waals surface area contributed by atoms with Crippen molar-refractivity contribution >= 4 is 11.3 Å². The van der Waals surface area contributed by atoms with Crippen molar-refractivity contribution in [2.75, 3.05) is 26.2 Å². The van der Waals surface area contributed by atoms with Gasteiger partial charge in [0.1, 0.15) is 5.01 Å². The number of thiazole rings is 1. The second kappa shape index (κ2) is 6.47. The number of hydrogen-bond acceptors (Lipinski definition) is 4. The third-order valence-electron chi connectivity index (χ3n) is 3.33. The van der Waals surface area contributed by atoms with Crippen LogP contribution in [0.15, 0.2) is 5.38 Å². The molecule has 1 atom stereocenters. The Morgan fingerprint density at radius 3 is 2.82 bits per heavy atom. The van der Waals surface area contributed by atoms with Crippen molar-refractivity contribution in [2.45, 2.75) is 39.2 Å². The van der Waals surface area contributed by atoms with E-state index < -0.39 is 0 Å². The minimum Gasteiger partial charge on any atom is -0.307 e. The molecule has 1 fully saturated rings. The summed E-state index contributed by atoms with van der Waals surface area (Å²) in [4.78, 5) is 7.08. The van der Waals surface area contributed by atoms with Gasteiger partial charge in [0.15, 0.2) is 0 Å². The number of nitrogens with one attached hydrogen (secondary N) is 1. The largest absolute Gasteiger partial charge is 0.307 e. The summed E-state index contributed by atoms with van der Waals surface area (Å²) < 4.78 is 0. The molecular formula is C13H23N3S. The van der Waals surface area contributed by atoms with Gasteiger partial charge in [0, 0.05) is 24.2 Å². The van der Waals surface area contributed by atoms with Gasteiger partial charge in [0.25, 0.3) is 0 Å². The number of aryl methyl sites for hydroxylation is 1. The lowest BCUT2D eigenvalue weighted by Gasteiger charge is -2.26. The average Bonchev–Trinajstić information content (AvgIpc) is 2.77. The van der Waals surface area contributed by atoms with Gasteiger partial charge >= 0.3 is 0 Å². The summed E-state index contributed by atoms with van der Waals surface area (Å²) in [6.45, 7) is 9.07. The quantitative estimate of drug-likeness (QED) is 0.874. The molecular weight excluding hydrogens is 230 g/mol. The van der Waals surface area contributed by atoms with Crippen LogP contribution >= 0.6 is 11.3 Å². The van der Waals surface area contributed by atoms with Crippen molar-refractivity contribution in [3.8, 4) is 0 Å². The Morgan fingerprint density at radius 1 is 1.41 bits per heavy atom. The Kier molecular flexibility index (Phi) is 4.95. The summed E-state index contributed by atoms with van der Waals surface area (Å²) in [5.74, 6) is 0. The molecule has 1 aliphatic rings. The van der Waals surface area contributed by atoms with E-state index in [-0.39, 0.29) is 0 Å². The summed E-state index contributed by atoms with van der Waals surface area (Å²) in [6, 6.07) is 0.387. The summed E-state index contributed by atoms with van der Waals surface area (Å²) in [6.07, 6.45) is 4.17. The molecule has 0 aromatic carbocycles. The molecule has 0 bridgehead atoms. The third-order valence-corrected chi connectivity index (χ3v) is 4.48. The van der Waals surface area contributed by atoms with Gasteiger partial charge in [-0.1, -0.05) is 6.42 Å². The SMILES string of the molecule is Cc1csc([C@@H](C)NCCN2CCCCC2)n1. The Morgan fingerprint density at radius 2 is 2.18 bits per heavy atom. The lowest BCUT2D eigenvalue weighted by atomic mass is 10.1. The first-order valence-corrected chi connectivity index (χ1v) is 7.51. The molecule has 1 aromatic rings. The molecule has 3 nitrogen and oxygen atoms in total. The molecule has 0 radical (unpaired) electrons. The molecule has 4 heteroatoms. The number of nitrogens with zero attached hydrogens (tertiary/aromatic N) is 2. The highest BCUT2D eigenvalue weighted by atomic mass is 32.1. The molecule has 1 saturated heterocycles. The smallest absolute Gasteiger partial charge is 0.110 e. The van der Waals surface area contributed by atoms with E-state index >= 15 is 0 Å². The van der Waals surface area contributed by atoms with Gasteiger partial charge in [-0.15, -0.1) is 11.3 Å². The molecule has 17 heavy (non-hydrogen) atoms. The van der Waals surface area contributed by atoms with Gasteiger partial charge in [0.2, 0.25) is 0 Å². The van der Waals surface area contributed by atoms with Gasteiger partial charge in [-0.2, -0.15) is 0 Å². The van der Waals surface area contributed by atoms with Crippen molar-refractivity contribution in [2.24, 2.45) is 0 Å². The van der Waals surface area contributed by atoms with Gasteiger partial charge in [-0.05, 0) is 39.8 Å². The van der Waals surface area contributed by atoms with Gasteiger partial charge < -0.3 is 10.2 Å². The molecule has 1 aromatic heterocycles. The molecule has 0 saturated carbocycles. The predicted octanol–water partition coefficient (Wildman–Crippen LogP) is 2.59. The Bertz CT molecular complexity index is 331. The van der Waals surface area contributed by atoms with E-state index in [0.29, 0.717) is 6.04 Å². The van der Waals surface area contributed by atoms with Gasteiger partial charge in [0.05, 0.1) is 6.04 Å². The van der Waals surface area contributed by atoms with Gasteiger partial charge in [-0.3, -0.25) is 0 Å². The molecule has 1 aliphatic heterocycles. The van der Waals surface area contributed by atoms with Crippen LogP contribution in [-0.2, 0) is 0 Å². The Hall–Kier alpha value is -0.450. The minimum atomic E-state index is 0.387. The van der Waals surface area contributed by atoms with Crippen LogP contribution in [0.4, 0.5) is 0 Å². The van der Waals surface area contributed by atoms with Crippen molar-refractivity contribution in [3.05, 3.63) is 16.1 Å².